The van der Waals surface area contributed by atoms with E-state index in [1.54, 1.807) is 0 Å². The van der Waals surface area contributed by atoms with E-state index in [0.717, 1.165) is 24.2 Å². The number of halogens is 1. The van der Waals surface area contributed by atoms with Gasteiger partial charge in [-0.1, -0.05) is 35.9 Å². The SMILES string of the molecule is C[C@@H](NC(=O)Cc1cccc(Cl)c1)c1ccc(N2CCCCC2)cc1. The van der Waals surface area contributed by atoms with Crippen molar-refractivity contribution in [1.82, 2.24) is 5.32 Å². The Kier molecular flexibility index (Phi) is 5.98. The second kappa shape index (κ2) is 8.39. The molecule has 132 valence electrons. The molecule has 2 aromatic carbocycles. The fraction of sp³-hybridized carbons (Fsp3) is 0.381. The minimum absolute atomic E-state index is 0.00914. The van der Waals surface area contributed by atoms with E-state index in [-0.39, 0.29) is 11.9 Å². The number of hydrogen-bond donors (Lipinski definition) is 1. The van der Waals surface area contributed by atoms with Crippen LogP contribution in [-0.2, 0) is 11.2 Å². The number of benzene rings is 2. The van der Waals surface area contributed by atoms with Crippen molar-refractivity contribution in [2.75, 3.05) is 18.0 Å². The maximum Gasteiger partial charge on any atom is 0.224 e. The van der Waals surface area contributed by atoms with Crippen molar-refractivity contribution in [3.05, 3.63) is 64.7 Å². The zero-order valence-corrected chi connectivity index (χ0v) is 15.4. The van der Waals surface area contributed by atoms with Crippen LogP contribution in [-0.4, -0.2) is 19.0 Å². The number of piperidine rings is 1. The standard InChI is InChI=1S/C21H25ClN2O/c1-16(23-21(25)15-17-6-5-7-19(22)14-17)18-8-10-20(11-9-18)24-12-3-2-4-13-24/h5-11,14,16H,2-4,12-13,15H2,1H3,(H,23,25)/t16-/m1/s1. The van der Waals surface area contributed by atoms with Crippen LogP contribution in [0.15, 0.2) is 48.5 Å². The highest BCUT2D eigenvalue weighted by molar-refractivity contribution is 6.30. The van der Waals surface area contributed by atoms with E-state index in [9.17, 15) is 4.79 Å². The second-order valence-electron chi connectivity index (χ2n) is 6.74. The normalized spacial score (nSPS) is 15.7. The number of amides is 1. The third-order valence-electron chi connectivity index (χ3n) is 4.75. The Morgan fingerprint density at radius 2 is 1.84 bits per heavy atom. The molecule has 0 bridgehead atoms. The fourth-order valence-electron chi connectivity index (χ4n) is 3.33. The van der Waals surface area contributed by atoms with E-state index in [2.05, 4.69) is 34.5 Å². The molecule has 1 aliphatic heterocycles. The van der Waals surface area contributed by atoms with Gasteiger partial charge >= 0.3 is 0 Å². The number of carbonyl (C=O) groups is 1. The van der Waals surface area contributed by atoms with Crippen molar-refractivity contribution < 1.29 is 4.79 Å². The molecule has 0 unspecified atom stereocenters. The molecule has 3 nitrogen and oxygen atoms in total. The molecular formula is C21H25ClN2O. The Morgan fingerprint density at radius 1 is 1.12 bits per heavy atom. The lowest BCUT2D eigenvalue weighted by molar-refractivity contribution is -0.121. The van der Waals surface area contributed by atoms with Crippen LogP contribution >= 0.6 is 11.6 Å². The molecule has 1 aliphatic rings. The molecule has 0 saturated carbocycles. The summed E-state index contributed by atoms with van der Waals surface area (Å²) in [5.41, 5.74) is 3.33. The Morgan fingerprint density at radius 3 is 2.52 bits per heavy atom. The average molecular weight is 357 g/mol. The van der Waals surface area contributed by atoms with E-state index in [4.69, 9.17) is 11.6 Å². The van der Waals surface area contributed by atoms with Gasteiger partial charge in [0.2, 0.25) is 5.91 Å². The highest BCUT2D eigenvalue weighted by atomic mass is 35.5. The smallest absolute Gasteiger partial charge is 0.224 e. The number of anilines is 1. The van der Waals surface area contributed by atoms with Crippen molar-refractivity contribution >= 4 is 23.2 Å². The van der Waals surface area contributed by atoms with Gasteiger partial charge < -0.3 is 10.2 Å². The molecule has 1 fully saturated rings. The summed E-state index contributed by atoms with van der Waals surface area (Å²) in [6.45, 7) is 4.31. The first-order chi connectivity index (χ1) is 12.1. The topological polar surface area (TPSA) is 32.3 Å². The summed E-state index contributed by atoms with van der Waals surface area (Å²) in [7, 11) is 0. The first-order valence-electron chi connectivity index (χ1n) is 9.00. The number of carbonyl (C=O) groups excluding carboxylic acids is 1. The minimum atomic E-state index is -0.0120. The summed E-state index contributed by atoms with van der Waals surface area (Å²) in [6.07, 6.45) is 4.23. The van der Waals surface area contributed by atoms with Crippen molar-refractivity contribution in [2.24, 2.45) is 0 Å². The Bertz CT molecular complexity index is 708. The summed E-state index contributed by atoms with van der Waals surface area (Å²) in [5.74, 6) is 0.00914. The molecule has 1 atom stereocenters. The number of rotatable bonds is 5. The molecule has 1 saturated heterocycles. The molecule has 0 aromatic heterocycles. The summed E-state index contributed by atoms with van der Waals surface area (Å²) < 4.78 is 0. The summed E-state index contributed by atoms with van der Waals surface area (Å²) in [5, 5.41) is 3.73. The molecule has 25 heavy (non-hydrogen) atoms. The van der Waals surface area contributed by atoms with Crippen molar-refractivity contribution in [3.63, 3.8) is 0 Å². The maximum atomic E-state index is 12.3. The first kappa shape index (κ1) is 17.8. The fourth-order valence-corrected chi connectivity index (χ4v) is 3.55. The molecule has 1 amide bonds. The monoisotopic (exact) mass is 356 g/mol. The van der Waals surface area contributed by atoms with Gasteiger partial charge in [-0.15, -0.1) is 0 Å². The molecule has 0 spiro atoms. The third kappa shape index (κ3) is 4.99. The van der Waals surface area contributed by atoms with Crippen LogP contribution in [0.3, 0.4) is 0 Å². The highest BCUT2D eigenvalue weighted by Gasteiger charge is 2.13. The predicted molar refractivity (Wildman–Crippen MR) is 104 cm³/mol. The molecule has 4 heteroatoms. The quantitative estimate of drug-likeness (QED) is 0.838. The molecule has 0 radical (unpaired) electrons. The number of nitrogens with zero attached hydrogens (tertiary/aromatic N) is 1. The molecule has 3 rings (SSSR count). The van der Waals surface area contributed by atoms with Crippen molar-refractivity contribution in [2.45, 2.75) is 38.6 Å². The van der Waals surface area contributed by atoms with Gasteiger partial charge in [-0.2, -0.15) is 0 Å². The molecule has 1 heterocycles. The summed E-state index contributed by atoms with van der Waals surface area (Å²) >= 11 is 5.97. The number of hydrogen-bond acceptors (Lipinski definition) is 2. The van der Waals surface area contributed by atoms with Gasteiger partial charge in [-0.3, -0.25) is 4.79 Å². The van der Waals surface area contributed by atoms with E-state index in [0.29, 0.717) is 11.4 Å². The lowest BCUT2D eigenvalue weighted by Crippen LogP contribution is -2.30. The second-order valence-corrected chi connectivity index (χ2v) is 7.17. The molecule has 0 aliphatic carbocycles. The summed E-state index contributed by atoms with van der Waals surface area (Å²) in [4.78, 5) is 14.7. The van der Waals surface area contributed by atoms with Crippen LogP contribution in [0.25, 0.3) is 0 Å². The van der Waals surface area contributed by atoms with E-state index in [1.807, 2.05) is 31.2 Å². The van der Waals surface area contributed by atoms with Gasteiger partial charge in [0.15, 0.2) is 0 Å². The highest BCUT2D eigenvalue weighted by Crippen LogP contribution is 2.22. The van der Waals surface area contributed by atoms with Crippen LogP contribution in [0.4, 0.5) is 5.69 Å². The number of nitrogens with one attached hydrogen (secondary N) is 1. The van der Waals surface area contributed by atoms with Crippen molar-refractivity contribution in [3.8, 4) is 0 Å². The summed E-state index contributed by atoms with van der Waals surface area (Å²) in [6, 6.07) is 16.0. The zero-order chi connectivity index (χ0) is 17.6. The van der Waals surface area contributed by atoms with Gasteiger partial charge in [0, 0.05) is 23.8 Å². The van der Waals surface area contributed by atoms with Crippen LogP contribution in [0, 0.1) is 0 Å². The van der Waals surface area contributed by atoms with Crippen LogP contribution in [0.2, 0.25) is 5.02 Å². The van der Waals surface area contributed by atoms with Crippen LogP contribution < -0.4 is 10.2 Å². The first-order valence-corrected chi connectivity index (χ1v) is 9.38. The average Bonchev–Trinajstić information content (AvgIpc) is 2.62. The maximum absolute atomic E-state index is 12.3. The predicted octanol–water partition coefficient (Wildman–Crippen LogP) is 4.75. The van der Waals surface area contributed by atoms with Gasteiger partial charge in [0.05, 0.1) is 12.5 Å². The Labute approximate surface area is 155 Å². The largest absolute Gasteiger partial charge is 0.372 e. The van der Waals surface area contributed by atoms with Crippen LogP contribution in [0.5, 0.6) is 0 Å². The van der Waals surface area contributed by atoms with Crippen molar-refractivity contribution in [1.29, 1.82) is 0 Å². The Balaban J connectivity index is 1.57. The minimum Gasteiger partial charge on any atom is -0.372 e. The third-order valence-corrected chi connectivity index (χ3v) is 4.98. The molecular weight excluding hydrogens is 332 g/mol. The molecule has 1 N–H and O–H groups in total. The molecule has 2 aromatic rings. The van der Waals surface area contributed by atoms with E-state index < -0.39 is 0 Å². The van der Waals surface area contributed by atoms with Gasteiger partial charge in [-0.25, -0.2) is 0 Å². The van der Waals surface area contributed by atoms with Gasteiger partial charge in [0.1, 0.15) is 0 Å². The lowest BCUT2D eigenvalue weighted by atomic mass is 10.1. The lowest BCUT2D eigenvalue weighted by Gasteiger charge is -2.29. The van der Waals surface area contributed by atoms with E-state index in [1.165, 1.54) is 24.9 Å². The zero-order valence-electron chi connectivity index (χ0n) is 14.7. The van der Waals surface area contributed by atoms with E-state index >= 15 is 0 Å². The van der Waals surface area contributed by atoms with Gasteiger partial charge in [0.25, 0.3) is 0 Å². The Hall–Kier alpha value is -2.00. The van der Waals surface area contributed by atoms with Gasteiger partial charge in [-0.05, 0) is 61.6 Å². The van der Waals surface area contributed by atoms with Crippen LogP contribution in [0.1, 0.15) is 43.4 Å².